The summed E-state index contributed by atoms with van der Waals surface area (Å²) < 4.78 is 1.89. The van der Waals surface area contributed by atoms with Gasteiger partial charge in [-0.1, -0.05) is 23.4 Å². The van der Waals surface area contributed by atoms with Crippen molar-refractivity contribution in [2.45, 2.75) is 0 Å². The molecule has 0 saturated carbocycles. The number of hydrogen-bond donors (Lipinski definition) is 1. The zero-order valence-corrected chi connectivity index (χ0v) is 13.7. The average Bonchev–Trinajstić information content (AvgIpc) is 2.26. The lowest BCUT2D eigenvalue weighted by Gasteiger charge is -2.02. The summed E-state index contributed by atoms with van der Waals surface area (Å²) in [5.41, 5.74) is 0.977. The minimum Gasteiger partial charge on any atom is -1.00 e. The molecular formula is C11H15ClIN3S. The molecule has 1 rings (SSSR count). The Bertz CT molecular complexity index is 400. The number of halogens is 2. The molecule has 1 N–H and O–H groups in total. The van der Waals surface area contributed by atoms with Gasteiger partial charge in [-0.15, -0.1) is 0 Å². The van der Waals surface area contributed by atoms with Crippen LogP contribution < -0.4 is 29.3 Å². The molecule has 1 aromatic rings. The van der Waals surface area contributed by atoms with Gasteiger partial charge >= 0.3 is 0 Å². The molecular weight excluding hydrogens is 369 g/mol. The number of anilines is 1. The highest BCUT2D eigenvalue weighted by Gasteiger charge is 2.02. The molecule has 0 saturated heterocycles. The maximum Gasteiger partial charge on any atom is 0.284 e. The fourth-order valence-electron chi connectivity index (χ4n) is 0.961. The number of nitrogens with one attached hydrogen (secondary N) is 1. The summed E-state index contributed by atoms with van der Waals surface area (Å²) in [4.78, 5) is 4.30. The summed E-state index contributed by atoms with van der Waals surface area (Å²) in [6.45, 7) is 0. The van der Waals surface area contributed by atoms with Gasteiger partial charge in [-0.2, -0.15) is 0 Å². The summed E-state index contributed by atoms with van der Waals surface area (Å²) in [7, 11) is 3.87. The minimum absolute atomic E-state index is 0. The third-order valence-corrected chi connectivity index (χ3v) is 2.54. The van der Waals surface area contributed by atoms with Crippen LogP contribution in [0.3, 0.4) is 0 Å². The third-order valence-electron chi connectivity index (χ3n) is 1.69. The van der Waals surface area contributed by atoms with Crippen LogP contribution in [0.2, 0.25) is 5.02 Å². The first-order valence-electron chi connectivity index (χ1n) is 4.76. The van der Waals surface area contributed by atoms with Crippen LogP contribution in [0, 0.1) is 0 Å². The Morgan fingerprint density at radius 3 is 2.41 bits per heavy atom. The number of nitrogens with zero attached hydrogens (tertiary/aromatic N) is 2. The molecule has 0 bridgehead atoms. The largest absolute Gasteiger partial charge is 1.00 e. The van der Waals surface area contributed by atoms with Crippen LogP contribution in [-0.4, -0.2) is 36.4 Å². The second kappa shape index (κ2) is 8.77. The van der Waals surface area contributed by atoms with Gasteiger partial charge in [0.2, 0.25) is 0 Å². The number of rotatable bonds is 2. The SMILES string of the molecule is CSC(=NC=[N+](C)C)Nc1ccc(Cl)cc1.[I-]. The maximum atomic E-state index is 5.81. The van der Waals surface area contributed by atoms with Crippen molar-refractivity contribution in [1.29, 1.82) is 0 Å². The molecule has 0 aromatic heterocycles. The van der Waals surface area contributed by atoms with Crippen molar-refractivity contribution >= 4 is 40.6 Å². The topological polar surface area (TPSA) is 27.4 Å². The van der Waals surface area contributed by atoms with E-state index in [0.29, 0.717) is 0 Å². The van der Waals surface area contributed by atoms with Crippen molar-refractivity contribution < 1.29 is 28.6 Å². The Balaban J connectivity index is 0.00000256. The molecule has 17 heavy (non-hydrogen) atoms. The normalized spacial score (nSPS) is 10.5. The van der Waals surface area contributed by atoms with Crippen molar-refractivity contribution in [1.82, 2.24) is 0 Å². The van der Waals surface area contributed by atoms with E-state index in [1.807, 2.05) is 49.2 Å². The van der Waals surface area contributed by atoms with Gasteiger partial charge in [-0.25, -0.2) is 0 Å². The Kier molecular flexibility index (Phi) is 8.63. The monoisotopic (exact) mass is 383 g/mol. The molecule has 3 nitrogen and oxygen atoms in total. The van der Waals surface area contributed by atoms with Crippen LogP contribution in [0.25, 0.3) is 0 Å². The second-order valence-electron chi connectivity index (χ2n) is 3.35. The molecule has 0 amide bonds. The lowest BCUT2D eigenvalue weighted by atomic mass is 10.3. The second-order valence-corrected chi connectivity index (χ2v) is 4.58. The van der Waals surface area contributed by atoms with E-state index in [2.05, 4.69) is 10.3 Å². The first-order valence-corrected chi connectivity index (χ1v) is 6.36. The predicted octanol–water partition coefficient (Wildman–Crippen LogP) is -0.225. The van der Waals surface area contributed by atoms with Gasteiger partial charge in [0.15, 0.2) is 0 Å². The van der Waals surface area contributed by atoms with Gasteiger partial charge in [-0.05, 0) is 35.5 Å². The van der Waals surface area contributed by atoms with E-state index in [-0.39, 0.29) is 24.0 Å². The number of thioether (sulfide) groups is 1. The zero-order chi connectivity index (χ0) is 12.0. The molecule has 0 radical (unpaired) electrons. The summed E-state index contributed by atoms with van der Waals surface area (Å²) in [6.07, 6.45) is 3.74. The third kappa shape index (κ3) is 6.90. The van der Waals surface area contributed by atoms with Crippen molar-refractivity contribution in [2.75, 3.05) is 25.7 Å². The Hall–Kier alpha value is -0.270. The van der Waals surface area contributed by atoms with Gasteiger partial charge in [0.05, 0.1) is 14.1 Å². The molecule has 0 unspecified atom stereocenters. The Morgan fingerprint density at radius 1 is 1.35 bits per heavy atom. The Labute approximate surface area is 128 Å². The van der Waals surface area contributed by atoms with Gasteiger partial charge < -0.3 is 29.3 Å². The fraction of sp³-hybridized carbons (Fsp3) is 0.273. The number of hydrogen-bond acceptors (Lipinski definition) is 1. The van der Waals surface area contributed by atoms with E-state index < -0.39 is 0 Å². The molecule has 0 fully saturated rings. The minimum atomic E-state index is 0. The van der Waals surface area contributed by atoms with Gasteiger partial charge in [0.1, 0.15) is 0 Å². The highest BCUT2D eigenvalue weighted by molar-refractivity contribution is 8.13. The van der Waals surface area contributed by atoms with Crippen LogP contribution in [0.1, 0.15) is 0 Å². The van der Waals surface area contributed by atoms with Crippen LogP contribution >= 0.6 is 23.4 Å². The van der Waals surface area contributed by atoms with Crippen LogP contribution in [-0.2, 0) is 0 Å². The molecule has 1 aromatic carbocycles. The molecule has 0 spiro atoms. The van der Waals surface area contributed by atoms with Gasteiger partial charge in [-0.3, -0.25) is 4.58 Å². The summed E-state index contributed by atoms with van der Waals surface area (Å²) in [5.74, 6) is 0. The molecule has 94 valence electrons. The van der Waals surface area contributed by atoms with Crippen molar-refractivity contribution in [3.05, 3.63) is 29.3 Å². The summed E-state index contributed by atoms with van der Waals surface area (Å²) in [5, 5.41) is 4.78. The maximum absolute atomic E-state index is 5.81. The van der Waals surface area contributed by atoms with E-state index in [0.717, 1.165) is 15.9 Å². The molecule has 0 aliphatic heterocycles. The van der Waals surface area contributed by atoms with Gasteiger partial charge in [0, 0.05) is 10.7 Å². The number of amidine groups is 1. The number of benzene rings is 1. The zero-order valence-electron chi connectivity index (χ0n) is 9.95. The fourth-order valence-corrected chi connectivity index (χ4v) is 1.46. The highest BCUT2D eigenvalue weighted by atomic mass is 127. The van der Waals surface area contributed by atoms with Gasteiger partial charge in [0.25, 0.3) is 11.5 Å². The van der Waals surface area contributed by atoms with E-state index in [1.54, 1.807) is 18.1 Å². The first-order chi connectivity index (χ1) is 7.61. The smallest absolute Gasteiger partial charge is 0.284 e. The summed E-state index contributed by atoms with van der Waals surface area (Å²) in [6, 6.07) is 7.53. The van der Waals surface area contributed by atoms with E-state index in [4.69, 9.17) is 11.6 Å². The summed E-state index contributed by atoms with van der Waals surface area (Å²) >= 11 is 7.37. The number of aliphatic imine (C=N–C) groups is 1. The molecule has 0 atom stereocenters. The first kappa shape index (κ1) is 16.7. The predicted molar refractivity (Wildman–Crippen MR) is 74.2 cm³/mol. The average molecular weight is 384 g/mol. The van der Waals surface area contributed by atoms with E-state index >= 15 is 0 Å². The lowest BCUT2D eigenvalue weighted by Crippen LogP contribution is -3.00. The van der Waals surface area contributed by atoms with E-state index in [9.17, 15) is 0 Å². The molecule has 6 heteroatoms. The van der Waals surface area contributed by atoms with Crippen LogP contribution in [0.4, 0.5) is 5.69 Å². The van der Waals surface area contributed by atoms with Crippen LogP contribution in [0.5, 0.6) is 0 Å². The Morgan fingerprint density at radius 2 is 1.94 bits per heavy atom. The molecule has 0 aliphatic carbocycles. The van der Waals surface area contributed by atoms with E-state index in [1.165, 1.54) is 0 Å². The molecule has 0 heterocycles. The lowest BCUT2D eigenvalue weighted by molar-refractivity contribution is -0.460. The van der Waals surface area contributed by atoms with Crippen LogP contribution in [0.15, 0.2) is 29.3 Å². The quantitative estimate of drug-likeness (QED) is 0.331. The van der Waals surface area contributed by atoms with Crippen molar-refractivity contribution in [3.63, 3.8) is 0 Å². The standard InChI is InChI=1S/C11H14ClN3S.HI/c1-15(2)8-13-11(16-3)14-10-6-4-9(12)5-7-10;/h4-8H,1-3H3;1H. The van der Waals surface area contributed by atoms with Crippen molar-refractivity contribution in [2.24, 2.45) is 4.99 Å². The highest BCUT2D eigenvalue weighted by Crippen LogP contribution is 2.14. The van der Waals surface area contributed by atoms with Crippen molar-refractivity contribution in [3.8, 4) is 0 Å². The molecule has 0 aliphatic rings.